The largest absolute Gasteiger partial charge is 0.481 e. The number of rotatable bonds is 7. The summed E-state index contributed by atoms with van der Waals surface area (Å²) in [6.45, 7) is 1.44. The van der Waals surface area contributed by atoms with E-state index in [1.807, 2.05) is 25.2 Å². The first-order chi connectivity index (χ1) is 15.1. The van der Waals surface area contributed by atoms with Crippen LogP contribution in [0.25, 0.3) is 0 Å². The van der Waals surface area contributed by atoms with Crippen molar-refractivity contribution in [2.75, 3.05) is 18.9 Å². The van der Waals surface area contributed by atoms with E-state index in [0.29, 0.717) is 22.3 Å². The van der Waals surface area contributed by atoms with E-state index in [-0.39, 0.29) is 18.8 Å². The number of benzene rings is 2. The third-order valence-electron chi connectivity index (χ3n) is 5.29. The van der Waals surface area contributed by atoms with Gasteiger partial charge in [-0.15, -0.1) is 0 Å². The van der Waals surface area contributed by atoms with Crippen molar-refractivity contribution in [2.45, 2.75) is 31.3 Å². The summed E-state index contributed by atoms with van der Waals surface area (Å²) < 4.78 is 0. The molecular formula is C22H23Cl2N3O5. The molecule has 1 unspecified atom stereocenters. The molecule has 2 atom stereocenters. The van der Waals surface area contributed by atoms with E-state index >= 15 is 0 Å². The molecule has 0 spiro atoms. The fraction of sp³-hybridized carbons (Fsp3) is 0.318. The van der Waals surface area contributed by atoms with Gasteiger partial charge in [0.1, 0.15) is 6.04 Å². The number of carboxylic acids is 2. The van der Waals surface area contributed by atoms with Gasteiger partial charge in [0.2, 0.25) is 0 Å². The van der Waals surface area contributed by atoms with Crippen molar-refractivity contribution in [1.29, 1.82) is 0 Å². The van der Waals surface area contributed by atoms with Gasteiger partial charge in [-0.3, -0.25) is 4.79 Å². The van der Waals surface area contributed by atoms with E-state index in [4.69, 9.17) is 28.3 Å². The molecule has 8 nitrogen and oxygen atoms in total. The lowest BCUT2D eigenvalue weighted by Crippen LogP contribution is -2.43. The summed E-state index contributed by atoms with van der Waals surface area (Å²) >= 11 is 12.7. The molecule has 2 aromatic rings. The second-order valence-electron chi connectivity index (χ2n) is 7.75. The number of hydrogen-bond acceptors (Lipinski definition) is 4. The molecule has 32 heavy (non-hydrogen) atoms. The average molecular weight is 480 g/mol. The van der Waals surface area contributed by atoms with Crippen molar-refractivity contribution in [2.24, 2.45) is 0 Å². The number of carbonyl (C=O) groups excluding carboxylic acids is 1. The molecule has 2 amide bonds. The Morgan fingerprint density at radius 2 is 1.94 bits per heavy atom. The summed E-state index contributed by atoms with van der Waals surface area (Å²) in [5, 5.41) is 24.1. The Morgan fingerprint density at radius 1 is 1.19 bits per heavy atom. The zero-order chi connectivity index (χ0) is 23.4. The van der Waals surface area contributed by atoms with Crippen LogP contribution in [0.1, 0.15) is 35.4 Å². The highest BCUT2D eigenvalue weighted by atomic mass is 35.5. The Labute approximate surface area is 195 Å². The molecule has 0 radical (unpaired) electrons. The minimum absolute atomic E-state index is 0.0212. The fourth-order valence-electron chi connectivity index (χ4n) is 3.81. The molecule has 0 fully saturated rings. The zero-order valence-electron chi connectivity index (χ0n) is 17.3. The van der Waals surface area contributed by atoms with Crippen molar-refractivity contribution < 1.29 is 24.6 Å². The van der Waals surface area contributed by atoms with Gasteiger partial charge in [-0.05, 0) is 54.4 Å². The number of amides is 2. The fourth-order valence-corrected chi connectivity index (χ4v) is 4.38. The number of carboxylic acid groups (broad SMARTS) is 2. The summed E-state index contributed by atoms with van der Waals surface area (Å²) in [4.78, 5) is 36.5. The minimum atomic E-state index is -1.31. The zero-order valence-corrected chi connectivity index (χ0v) is 18.8. The Balaban J connectivity index is 1.78. The molecule has 0 saturated carbocycles. The summed E-state index contributed by atoms with van der Waals surface area (Å²) in [6.07, 6.45) is -0.586. The number of likely N-dealkylation sites (N-methyl/N-ethyl adjacent to an activating group) is 1. The van der Waals surface area contributed by atoms with Crippen LogP contribution < -0.4 is 10.6 Å². The average Bonchev–Trinajstić information content (AvgIpc) is 2.71. The number of hydrogen-bond donors (Lipinski definition) is 4. The second-order valence-corrected chi connectivity index (χ2v) is 8.60. The number of fused-ring (bicyclic) bond motifs is 1. The number of carbonyl (C=O) groups is 3. The van der Waals surface area contributed by atoms with Crippen LogP contribution >= 0.6 is 23.2 Å². The van der Waals surface area contributed by atoms with Gasteiger partial charge in [-0.25, -0.2) is 9.59 Å². The number of urea groups is 1. The van der Waals surface area contributed by atoms with E-state index in [1.165, 1.54) is 0 Å². The topological polar surface area (TPSA) is 119 Å². The van der Waals surface area contributed by atoms with Gasteiger partial charge in [0, 0.05) is 41.2 Å². The Kier molecular flexibility index (Phi) is 7.60. The van der Waals surface area contributed by atoms with Crippen LogP contribution in [0.2, 0.25) is 10.0 Å². The highest BCUT2D eigenvalue weighted by Gasteiger charge is 2.27. The maximum Gasteiger partial charge on any atom is 0.326 e. The first kappa shape index (κ1) is 23.8. The van der Waals surface area contributed by atoms with Crippen molar-refractivity contribution in [3.05, 3.63) is 63.1 Å². The standard InChI is InChI=1S/C22H23Cl2N3O5/c1-27-10-16(15-8-13(23)9-18(24)17(15)11-27)12-3-2-4-14(7-12)25-22(32)26-19(21(30)31)5-6-20(28)29/h2-4,7-9,16,19H,5-6,10-11H2,1H3,(H,28,29)(H,30,31)(H2,25,26,32)/t16?,19-/m0/s1. The Hall–Kier alpha value is -2.81. The first-order valence-corrected chi connectivity index (χ1v) is 10.7. The summed E-state index contributed by atoms with van der Waals surface area (Å²) in [7, 11) is 2.00. The lowest BCUT2D eigenvalue weighted by Gasteiger charge is -2.33. The van der Waals surface area contributed by atoms with Gasteiger partial charge in [0.05, 0.1) is 0 Å². The summed E-state index contributed by atoms with van der Waals surface area (Å²) in [5.74, 6) is -2.46. The Bertz CT molecular complexity index is 1050. The molecule has 0 aromatic heterocycles. The van der Waals surface area contributed by atoms with E-state index in [1.54, 1.807) is 18.2 Å². The molecule has 10 heteroatoms. The van der Waals surface area contributed by atoms with Crippen LogP contribution in [0.3, 0.4) is 0 Å². The second kappa shape index (κ2) is 10.2. The molecule has 4 N–H and O–H groups in total. The number of nitrogens with one attached hydrogen (secondary N) is 2. The number of anilines is 1. The minimum Gasteiger partial charge on any atom is -0.481 e. The Morgan fingerprint density at radius 3 is 2.62 bits per heavy atom. The molecule has 3 rings (SSSR count). The number of nitrogens with zero attached hydrogens (tertiary/aromatic N) is 1. The molecule has 0 aliphatic carbocycles. The van der Waals surface area contributed by atoms with Crippen LogP contribution in [0.15, 0.2) is 36.4 Å². The lowest BCUT2D eigenvalue weighted by atomic mass is 9.84. The summed E-state index contributed by atoms with van der Waals surface area (Å²) in [6, 6.07) is 8.84. The van der Waals surface area contributed by atoms with Crippen LogP contribution in [0, 0.1) is 0 Å². The summed E-state index contributed by atoms with van der Waals surface area (Å²) in [5.41, 5.74) is 3.45. The molecule has 170 valence electrons. The first-order valence-electron chi connectivity index (χ1n) is 9.92. The van der Waals surface area contributed by atoms with Crippen molar-refractivity contribution in [1.82, 2.24) is 10.2 Å². The van der Waals surface area contributed by atoms with Gasteiger partial charge >= 0.3 is 18.0 Å². The molecule has 1 aliphatic rings. The third-order valence-corrected chi connectivity index (χ3v) is 5.85. The van der Waals surface area contributed by atoms with Crippen LogP contribution in [0.4, 0.5) is 10.5 Å². The van der Waals surface area contributed by atoms with Gasteiger partial charge in [-0.1, -0.05) is 35.3 Å². The van der Waals surface area contributed by atoms with Gasteiger partial charge < -0.3 is 25.7 Å². The third kappa shape index (κ3) is 5.91. The molecule has 0 bridgehead atoms. The maximum absolute atomic E-state index is 12.3. The van der Waals surface area contributed by atoms with Crippen molar-refractivity contribution in [3.8, 4) is 0 Å². The van der Waals surface area contributed by atoms with Crippen molar-refractivity contribution in [3.63, 3.8) is 0 Å². The van der Waals surface area contributed by atoms with E-state index < -0.39 is 24.0 Å². The van der Waals surface area contributed by atoms with E-state index in [0.717, 1.165) is 23.2 Å². The SMILES string of the molecule is CN1Cc2c(Cl)cc(Cl)cc2C(c2cccc(NC(=O)N[C@@H](CCC(=O)O)C(=O)O)c2)C1. The maximum atomic E-state index is 12.3. The monoisotopic (exact) mass is 479 g/mol. The molecular weight excluding hydrogens is 457 g/mol. The number of aliphatic carboxylic acids is 2. The predicted octanol–water partition coefficient (Wildman–Crippen LogP) is 4.01. The highest BCUT2D eigenvalue weighted by molar-refractivity contribution is 6.35. The van der Waals surface area contributed by atoms with Gasteiger partial charge in [0.15, 0.2) is 0 Å². The predicted molar refractivity (Wildman–Crippen MR) is 122 cm³/mol. The van der Waals surface area contributed by atoms with Crippen molar-refractivity contribution >= 4 is 46.9 Å². The molecule has 1 heterocycles. The quantitative estimate of drug-likeness (QED) is 0.476. The van der Waals surface area contributed by atoms with Gasteiger partial charge in [0.25, 0.3) is 0 Å². The van der Waals surface area contributed by atoms with Gasteiger partial charge in [-0.2, -0.15) is 0 Å². The molecule has 2 aromatic carbocycles. The normalized spacial score (nSPS) is 16.7. The van der Waals surface area contributed by atoms with E-state index in [9.17, 15) is 19.5 Å². The van der Waals surface area contributed by atoms with Crippen LogP contribution in [-0.2, 0) is 16.1 Å². The number of halogens is 2. The lowest BCUT2D eigenvalue weighted by molar-refractivity contribution is -0.140. The smallest absolute Gasteiger partial charge is 0.326 e. The highest BCUT2D eigenvalue weighted by Crippen LogP contribution is 2.38. The molecule has 0 saturated heterocycles. The molecule has 1 aliphatic heterocycles. The van der Waals surface area contributed by atoms with Crippen LogP contribution in [0.5, 0.6) is 0 Å². The van der Waals surface area contributed by atoms with Crippen LogP contribution in [-0.4, -0.2) is 52.7 Å². The van der Waals surface area contributed by atoms with E-state index in [2.05, 4.69) is 15.5 Å².